The lowest BCUT2D eigenvalue weighted by molar-refractivity contribution is -0.141. The van der Waals surface area contributed by atoms with Gasteiger partial charge in [-0.15, -0.1) is 0 Å². The van der Waals surface area contributed by atoms with Crippen LogP contribution in [0.2, 0.25) is 0 Å². The monoisotopic (exact) mass is 340 g/mol. The van der Waals surface area contributed by atoms with E-state index in [4.69, 9.17) is 4.42 Å². The van der Waals surface area contributed by atoms with Gasteiger partial charge in [0.05, 0.1) is 5.69 Å². The molecule has 1 N–H and O–H groups in total. The van der Waals surface area contributed by atoms with Crippen LogP contribution >= 0.6 is 0 Å². The molecule has 0 aliphatic heterocycles. The summed E-state index contributed by atoms with van der Waals surface area (Å²) in [6.07, 6.45) is 0. The van der Waals surface area contributed by atoms with Crippen molar-refractivity contribution in [2.45, 2.75) is 6.92 Å². The third kappa shape index (κ3) is 3.72. The first-order valence-electron chi connectivity index (χ1n) is 7.35. The Morgan fingerprint density at radius 1 is 1.12 bits per heavy atom. The van der Waals surface area contributed by atoms with Crippen LogP contribution in [0.5, 0.6) is 0 Å². The molecule has 0 atom stereocenters. The molecule has 1 aromatic heterocycles. The summed E-state index contributed by atoms with van der Waals surface area (Å²) in [4.78, 5) is 28.1. The van der Waals surface area contributed by atoms with E-state index in [-0.39, 0.29) is 16.8 Å². The van der Waals surface area contributed by atoms with Crippen LogP contribution in [0, 0.1) is 5.82 Å². The molecule has 3 aromatic rings. The van der Waals surface area contributed by atoms with E-state index in [0.717, 1.165) is 0 Å². The second kappa shape index (κ2) is 6.96. The topological polar surface area (TPSA) is 80.9 Å². The van der Waals surface area contributed by atoms with Gasteiger partial charge in [-0.2, -0.15) is 0 Å². The average Bonchev–Trinajstić information content (AvgIpc) is 2.61. The van der Waals surface area contributed by atoms with Crippen molar-refractivity contribution in [3.05, 3.63) is 71.5 Å². The van der Waals surface area contributed by atoms with Gasteiger partial charge in [0.25, 0.3) is 11.5 Å². The van der Waals surface area contributed by atoms with Crippen LogP contribution in [0.3, 0.4) is 0 Å². The predicted molar refractivity (Wildman–Crippen MR) is 87.9 cm³/mol. The fourth-order valence-corrected chi connectivity index (χ4v) is 2.16. The number of anilines is 1. The van der Waals surface area contributed by atoms with Crippen LogP contribution in [0.1, 0.15) is 17.3 Å². The molecule has 0 bridgehead atoms. The molecule has 1 amide bonds. The summed E-state index contributed by atoms with van der Waals surface area (Å²) in [6.45, 7) is 1.17. The standard InChI is InChI=1S/C18H13FN2O4/c1-11(22)25-21-18-13(10-12-6-2-5-9-16(12)24-18)17(23)20-15-8-4-3-7-14(15)19/h2-10H,1H3,(H,20,23). The minimum absolute atomic E-state index is 0.00297. The summed E-state index contributed by atoms with van der Waals surface area (Å²) in [7, 11) is 0. The lowest BCUT2D eigenvalue weighted by atomic mass is 10.1. The van der Waals surface area contributed by atoms with Gasteiger partial charge in [-0.05, 0) is 29.4 Å². The summed E-state index contributed by atoms with van der Waals surface area (Å²) in [6, 6.07) is 14.2. The Morgan fingerprint density at radius 3 is 2.60 bits per heavy atom. The van der Waals surface area contributed by atoms with Crippen LogP contribution in [0.4, 0.5) is 10.1 Å². The first kappa shape index (κ1) is 16.4. The zero-order valence-corrected chi connectivity index (χ0v) is 13.2. The molecule has 126 valence electrons. The highest BCUT2D eigenvalue weighted by molar-refractivity contribution is 6.05. The van der Waals surface area contributed by atoms with Gasteiger partial charge < -0.3 is 14.6 Å². The van der Waals surface area contributed by atoms with E-state index >= 15 is 0 Å². The van der Waals surface area contributed by atoms with Gasteiger partial charge in [0, 0.05) is 12.3 Å². The SMILES string of the molecule is CC(=O)ON=c1oc2ccccc2cc1C(=O)Nc1ccccc1F. The van der Waals surface area contributed by atoms with Gasteiger partial charge in [-0.1, -0.05) is 30.3 Å². The number of fused-ring (bicyclic) bond motifs is 1. The molecule has 0 aliphatic carbocycles. The van der Waals surface area contributed by atoms with E-state index in [2.05, 4.69) is 15.3 Å². The molecule has 25 heavy (non-hydrogen) atoms. The maximum absolute atomic E-state index is 13.7. The summed E-state index contributed by atoms with van der Waals surface area (Å²) in [5.41, 5.74) is 0.279. The molecule has 0 spiro atoms. The lowest BCUT2D eigenvalue weighted by Gasteiger charge is -2.07. The van der Waals surface area contributed by atoms with Gasteiger partial charge in [0.2, 0.25) is 0 Å². The molecule has 6 nitrogen and oxygen atoms in total. The Hall–Kier alpha value is -3.48. The molecule has 7 heteroatoms. The van der Waals surface area contributed by atoms with Crippen LogP contribution in [-0.2, 0) is 9.63 Å². The number of rotatable bonds is 3. The van der Waals surface area contributed by atoms with Crippen molar-refractivity contribution in [3.8, 4) is 0 Å². The van der Waals surface area contributed by atoms with Crippen LogP contribution in [0.25, 0.3) is 11.0 Å². The molecule has 1 heterocycles. The number of hydrogen-bond acceptors (Lipinski definition) is 5. The van der Waals surface area contributed by atoms with E-state index in [1.165, 1.54) is 31.2 Å². The van der Waals surface area contributed by atoms with Gasteiger partial charge in [-0.25, -0.2) is 9.18 Å². The minimum atomic E-state index is -0.663. The molecule has 0 aliphatic rings. The number of amides is 1. The average molecular weight is 340 g/mol. The molecule has 0 saturated heterocycles. The number of benzene rings is 2. The maximum atomic E-state index is 13.7. The Balaban J connectivity index is 2.07. The smallest absolute Gasteiger partial charge is 0.332 e. The second-order valence-corrected chi connectivity index (χ2v) is 5.11. The zero-order chi connectivity index (χ0) is 17.8. The van der Waals surface area contributed by atoms with Gasteiger partial charge in [0.15, 0.2) is 0 Å². The third-order valence-corrected chi connectivity index (χ3v) is 3.28. The van der Waals surface area contributed by atoms with E-state index < -0.39 is 17.7 Å². The minimum Gasteiger partial charge on any atom is -0.435 e. The van der Waals surface area contributed by atoms with Crippen molar-refractivity contribution in [1.82, 2.24) is 0 Å². The van der Waals surface area contributed by atoms with Crippen molar-refractivity contribution in [2.24, 2.45) is 5.16 Å². The van der Waals surface area contributed by atoms with E-state index in [1.54, 1.807) is 30.3 Å². The zero-order valence-electron chi connectivity index (χ0n) is 13.2. The van der Waals surface area contributed by atoms with Crippen LogP contribution in [0.15, 0.2) is 64.2 Å². The van der Waals surface area contributed by atoms with Crippen molar-refractivity contribution >= 4 is 28.5 Å². The normalized spacial score (nSPS) is 11.4. The molecule has 0 unspecified atom stereocenters. The van der Waals surface area contributed by atoms with Crippen molar-refractivity contribution in [1.29, 1.82) is 0 Å². The fourth-order valence-electron chi connectivity index (χ4n) is 2.16. The Bertz CT molecular complexity index is 1030. The number of carbonyl (C=O) groups excluding carboxylic acids is 2. The Labute approximate surface area is 141 Å². The number of hydrogen-bond donors (Lipinski definition) is 1. The first-order valence-corrected chi connectivity index (χ1v) is 7.35. The van der Waals surface area contributed by atoms with E-state index in [1.807, 2.05) is 0 Å². The highest BCUT2D eigenvalue weighted by Gasteiger charge is 2.15. The van der Waals surface area contributed by atoms with Gasteiger partial charge >= 0.3 is 5.97 Å². The summed E-state index contributed by atoms with van der Waals surface area (Å²) < 4.78 is 19.3. The third-order valence-electron chi connectivity index (χ3n) is 3.28. The summed E-state index contributed by atoms with van der Waals surface area (Å²) >= 11 is 0. The number of carbonyl (C=O) groups is 2. The van der Waals surface area contributed by atoms with Crippen molar-refractivity contribution in [2.75, 3.05) is 5.32 Å². The van der Waals surface area contributed by atoms with Crippen LogP contribution in [-0.4, -0.2) is 11.9 Å². The Morgan fingerprint density at radius 2 is 1.84 bits per heavy atom. The molecular formula is C18H13FN2O4. The second-order valence-electron chi connectivity index (χ2n) is 5.11. The Kier molecular flexibility index (Phi) is 4.56. The first-order chi connectivity index (χ1) is 12.0. The number of halogens is 1. The predicted octanol–water partition coefficient (Wildman–Crippen LogP) is 3.20. The lowest BCUT2D eigenvalue weighted by Crippen LogP contribution is -2.22. The highest BCUT2D eigenvalue weighted by Crippen LogP contribution is 2.16. The maximum Gasteiger partial charge on any atom is 0.332 e. The quantitative estimate of drug-likeness (QED) is 0.586. The molecular weight excluding hydrogens is 327 g/mol. The van der Waals surface area contributed by atoms with Gasteiger partial charge in [-0.3, -0.25) is 4.79 Å². The van der Waals surface area contributed by atoms with Crippen LogP contribution < -0.4 is 10.9 Å². The fraction of sp³-hybridized carbons (Fsp3) is 0.0556. The molecule has 0 saturated carbocycles. The molecule has 2 aromatic carbocycles. The molecule has 3 rings (SSSR count). The summed E-state index contributed by atoms with van der Waals surface area (Å²) in [5.74, 6) is -1.89. The van der Waals surface area contributed by atoms with Gasteiger partial charge in [0.1, 0.15) is 17.0 Å². The highest BCUT2D eigenvalue weighted by atomic mass is 19.1. The molecule has 0 fully saturated rings. The van der Waals surface area contributed by atoms with Crippen molar-refractivity contribution in [3.63, 3.8) is 0 Å². The number of para-hydroxylation sites is 2. The van der Waals surface area contributed by atoms with E-state index in [0.29, 0.717) is 11.0 Å². The largest absolute Gasteiger partial charge is 0.435 e. The van der Waals surface area contributed by atoms with Crippen molar-refractivity contribution < 1.29 is 23.2 Å². The number of nitrogens with one attached hydrogen (secondary N) is 1. The molecule has 0 radical (unpaired) electrons. The van der Waals surface area contributed by atoms with E-state index in [9.17, 15) is 14.0 Å². The number of nitrogens with zero attached hydrogens (tertiary/aromatic N) is 1. The summed E-state index contributed by atoms with van der Waals surface area (Å²) in [5, 5.41) is 6.66.